The second-order valence-electron chi connectivity index (χ2n) is 3.47. The topological polar surface area (TPSA) is 12.0 Å². The van der Waals surface area contributed by atoms with Crippen LogP contribution in [0.15, 0.2) is 0 Å². The molecule has 2 atom stereocenters. The van der Waals surface area contributed by atoms with Crippen LogP contribution in [0.4, 0.5) is 0 Å². The Labute approximate surface area is 67.0 Å². The number of rotatable bonds is 1. The minimum absolute atomic E-state index is 0.809. The fourth-order valence-electron chi connectivity index (χ4n) is 1.65. The van der Waals surface area contributed by atoms with E-state index in [0.717, 1.165) is 16.5 Å². The molecule has 2 unspecified atom stereocenters. The van der Waals surface area contributed by atoms with Crippen LogP contribution in [0, 0.1) is 5.92 Å². The molecule has 0 bridgehead atoms. The molecule has 0 radical (unpaired) electrons. The summed E-state index contributed by atoms with van der Waals surface area (Å²) in [7, 11) is 0. The molecule has 2 heteroatoms. The first-order chi connectivity index (χ1) is 4.86. The Morgan fingerprint density at radius 3 is 2.60 bits per heavy atom. The van der Waals surface area contributed by atoms with Crippen molar-refractivity contribution in [2.24, 2.45) is 5.92 Å². The zero-order valence-corrected chi connectivity index (χ0v) is 7.29. The van der Waals surface area contributed by atoms with E-state index in [2.05, 4.69) is 24.0 Å². The van der Waals surface area contributed by atoms with Gasteiger partial charge in [-0.25, -0.2) is 0 Å². The molecule has 2 aliphatic rings. The molecule has 1 heterocycles. The standard InChI is InChI=1S/C8H15NS/c1-6-5-9-8(10-6)7-3-2-4-7/h6-9H,2-5H2,1H3. The zero-order chi connectivity index (χ0) is 6.97. The Balaban J connectivity index is 1.82. The van der Waals surface area contributed by atoms with Gasteiger partial charge in [0.25, 0.3) is 0 Å². The minimum atomic E-state index is 0.809. The van der Waals surface area contributed by atoms with E-state index < -0.39 is 0 Å². The lowest BCUT2D eigenvalue weighted by atomic mass is 9.85. The van der Waals surface area contributed by atoms with Gasteiger partial charge in [-0.15, -0.1) is 11.8 Å². The van der Waals surface area contributed by atoms with Gasteiger partial charge >= 0.3 is 0 Å². The van der Waals surface area contributed by atoms with Crippen molar-refractivity contribution >= 4 is 11.8 Å². The molecule has 58 valence electrons. The van der Waals surface area contributed by atoms with Gasteiger partial charge in [-0.05, 0) is 18.8 Å². The molecule has 2 fully saturated rings. The quantitative estimate of drug-likeness (QED) is 0.623. The molecule has 1 N–H and O–H groups in total. The van der Waals surface area contributed by atoms with Crippen molar-refractivity contribution in [1.29, 1.82) is 0 Å². The molecule has 10 heavy (non-hydrogen) atoms. The van der Waals surface area contributed by atoms with Crippen LogP contribution in [0.2, 0.25) is 0 Å². The van der Waals surface area contributed by atoms with Gasteiger partial charge in [-0.1, -0.05) is 13.3 Å². The maximum absolute atomic E-state index is 3.57. The van der Waals surface area contributed by atoms with E-state index in [9.17, 15) is 0 Å². The first kappa shape index (κ1) is 6.99. The molecule has 0 aromatic carbocycles. The molecule has 0 aromatic heterocycles. The van der Waals surface area contributed by atoms with Gasteiger partial charge in [-0.2, -0.15) is 0 Å². The van der Waals surface area contributed by atoms with Crippen LogP contribution >= 0.6 is 11.8 Å². The Hall–Kier alpha value is 0.310. The van der Waals surface area contributed by atoms with Crippen LogP contribution in [0.25, 0.3) is 0 Å². The fourth-order valence-corrected chi connectivity index (χ4v) is 3.03. The predicted octanol–water partition coefficient (Wildman–Crippen LogP) is 1.84. The van der Waals surface area contributed by atoms with E-state index in [1.165, 1.54) is 25.8 Å². The van der Waals surface area contributed by atoms with Gasteiger partial charge in [0.2, 0.25) is 0 Å². The smallest absolute Gasteiger partial charge is 0.0564 e. The average Bonchev–Trinajstić information content (AvgIpc) is 2.10. The first-order valence-electron chi connectivity index (χ1n) is 4.25. The molecule has 0 amide bonds. The van der Waals surface area contributed by atoms with Crippen LogP contribution in [-0.4, -0.2) is 17.2 Å². The number of thioether (sulfide) groups is 1. The lowest BCUT2D eigenvalue weighted by Crippen LogP contribution is -2.32. The third-order valence-corrected chi connectivity index (χ3v) is 4.04. The zero-order valence-electron chi connectivity index (χ0n) is 6.47. The lowest BCUT2D eigenvalue weighted by Gasteiger charge is -2.30. The van der Waals surface area contributed by atoms with Crippen LogP contribution in [0.1, 0.15) is 26.2 Å². The number of hydrogen-bond donors (Lipinski definition) is 1. The molecular formula is C8H15NS. The number of hydrogen-bond acceptors (Lipinski definition) is 2. The monoisotopic (exact) mass is 157 g/mol. The van der Waals surface area contributed by atoms with Crippen molar-refractivity contribution in [2.45, 2.75) is 36.8 Å². The van der Waals surface area contributed by atoms with Gasteiger partial charge in [0.05, 0.1) is 5.37 Å². The highest BCUT2D eigenvalue weighted by atomic mass is 32.2. The summed E-state index contributed by atoms with van der Waals surface area (Å²) >= 11 is 2.14. The van der Waals surface area contributed by atoms with Crippen LogP contribution < -0.4 is 5.32 Å². The highest BCUT2D eigenvalue weighted by molar-refractivity contribution is 8.00. The summed E-state index contributed by atoms with van der Waals surface area (Å²) in [6, 6.07) is 0. The normalized spacial score (nSPS) is 41.7. The summed E-state index contributed by atoms with van der Waals surface area (Å²) in [5, 5.41) is 5.23. The average molecular weight is 157 g/mol. The Morgan fingerprint density at radius 2 is 2.20 bits per heavy atom. The fraction of sp³-hybridized carbons (Fsp3) is 1.00. The van der Waals surface area contributed by atoms with E-state index in [0.29, 0.717) is 0 Å². The Morgan fingerprint density at radius 1 is 1.40 bits per heavy atom. The second-order valence-corrected chi connectivity index (χ2v) is 5.05. The summed E-state index contributed by atoms with van der Waals surface area (Å²) < 4.78 is 0. The van der Waals surface area contributed by atoms with E-state index in [4.69, 9.17) is 0 Å². The summed E-state index contributed by atoms with van der Waals surface area (Å²) in [6.45, 7) is 3.54. The molecule has 1 saturated heterocycles. The first-order valence-corrected chi connectivity index (χ1v) is 5.19. The predicted molar refractivity (Wildman–Crippen MR) is 46.2 cm³/mol. The molecule has 0 aromatic rings. The largest absolute Gasteiger partial charge is 0.304 e. The van der Waals surface area contributed by atoms with Crippen LogP contribution in [0.5, 0.6) is 0 Å². The van der Waals surface area contributed by atoms with Crippen molar-refractivity contribution < 1.29 is 0 Å². The lowest BCUT2D eigenvalue weighted by molar-refractivity contribution is 0.290. The molecule has 2 rings (SSSR count). The van der Waals surface area contributed by atoms with Crippen LogP contribution in [-0.2, 0) is 0 Å². The van der Waals surface area contributed by atoms with E-state index in [1.54, 1.807) is 0 Å². The summed E-state index contributed by atoms with van der Waals surface area (Å²) in [5.74, 6) is 1.01. The van der Waals surface area contributed by atoms with E-state index in [1.807, 2.05) is 0 Å². The molecule has 1 saturated carbocycles. The molecule has 0 spiro atoms. The molecular weight excluding hydrogens is 142 g/mol. The second kappa shape index (κ2) is 2.74. The van der Waals surface area contributed by atoms with Gasteiger partial charge < -0.3 is 5.32 Å². The SMILES string of the molecule is CC1CNC(C2CCC2)S1. The minimum Gasteiger partial charge on any atom is -0.304 e. The Kier molecular flexibility index (Phi) is 1.92. The highest BCUT2D eigenvalue weighted by Crippen LogP contribution is 2.38. The summed E-state index contributed by atoms with van der Waals surface area (Å²) in [4.78, 5) is 0. The van der Waals surface area contributed by atoms with Crippen molar-refractivity contribution in [1.82, 2.24) is 5.32 Å². The summed E-state index contributed by atoms with van der Waals surface area (Å²) in [6.07, 6.45) is 4.41. The third kappa shape index (κ3) is 1.19. The maximum atomic E-state index is 3.57. The van der Waals surface area contributed by atoms with Crippen molar-refractivity contribution in [3.8, 4) is 0 Å². The van der Waals surface area contributed by atoms with Gasteiger partial charge in [0.15, 0.2) is 0 Å². The van der Waals surface area contributed by atoms with E-state index in [-0.39, 0.29) is 0 Å². The van der Waals surface area contributed by atoms with Gasteiger partial charge in [0.1, 0.15) is 0 Å². The molecule has 1 aliphatic heterocycles. The van der Waals surface area contributed by atoms with Crippen molar-refractivity contribution in [3.05, 3.63) is 0 Å². The highest BCUT2D eigenvalue weighted by Gasteiger charge is 2.32. The summed E-state index contributed by atoms with van der Waals surface area (Å²) in [5.41, 5.74) is 0. The van der Waals surface area contributed by atoms with E-state index >= 15 is 0 Å². The molecule has 1 nitrogen and oxygen atoms in total. The van der Waals surface area contributed by atoms with Crippen LogP contribution in [0.3, 0.4) is 0 Å². The van der Waals surface area contributed by atoms with Crippen molar-refractivity contribution in [3.63, 3.8) is 0 Å². The van der Waals surface area contributed by atoms with Gasteiger partial charge in [-0.3, -0.25) is 0 Å². The molecule has 1 aliphatic carbocycles. The Bertz CT molecular complexity index is 122. The maximum Gasteiger partial charge on any atom is 0.0564 e. The van der Waals surface area contributed by atoms with Crippen molar-refractivity contribution in [2.75, 3.05) is 6.54 Å². The van der Waals surface area contributed by atoms with Gasteiger partial charge in [0, 0.05) is 11.8 Å². The number of nitrogens with one attached hydrogen (secondary N) is 1. The third-order valence-electron chi connectivity index (χ3n) is 2.56.